The molecule has 0 amide bonds. The number of aryl methyl sites for hydroxylation is 6. The van der Waals surface area contributed by atoms with E-state index in [1.165, 1.54) is 36.9 Å². The van der Waals surface area contributed by atoms with Gasteiger partial charge in [0.05, 0.1) is 105 Å². The molecule has 0 radical (unpaired) electrons. The molecule has 720 valence electrons. The van der Waals surface area contributed by atoms with E-state index in [9.17, 15) is 27.6 Å². The van der Waals surface area contributed by atoms with Crippen LogP contribution in [0.25, 0.3) is 129 Å². The number of ether oxygens (including phenoxy) is 1. The number of H-pyrrole nitrogens is 1. The van der Waals surface area contributed by atoms with Crippen LogP contribution in [0, 0.1) is 67.8 Å². The summed E-state index contributed by atoms with van der Waals surface area (Å²) in [7, 11) is -2.32. The number of aromatic nitrogens is 16. The number of nitrogens with zero attached hydrogens (tertiary/aromatic N) is 19. The molecule has 0 fully saturated rings. The fraction of sp³-hybridized carbons (Fsp3) is 0.134. The van der Waals surface area contributed by atoms with E-state index in [4.69, 9.17) is 36.2 Å². The number of sulfonamides is 1. The molecule has 0 aliphatic carbocycles. The Morgan fingerprint density at radius 2 is 0.699 bits per heavy atom. The van der Waals surface area contributed by atoms with Gasteiger partial charge in [-0.1, -0.05) is 158 Å². The number of thiazole rings is 1. The van der Waals surface area contributed by atoms with Crippen LogP contribution in [0.3, 0.4) is 0 Å². The van der Waals surface area contributed by atoms with Crippen LogP contribution in [0.2, 0.25) is 0 Å². The van der Waals surface area contributed by atoms with Gasteiger partial charge in [0, 0.05) is 106 Å². The van der Waals surface area contributed by atoms with Crippen LogP contribution in [0.4, 0.5) is 46.0 Å². The molecule has 11 aromatic heterocycles. The predicted molar refractivity (Wildman–Crippen MR) is 573 cm³/mol. The van der Waals surface area contributed by atoms with Crippen molar-refractivity contribution < 1.29 is 13.2 Å². The number of pyridine rings is 5. The minimum atomic E-state index is -3.93. The number of aromatic amines is 1. The van der Waals surface area contributed by atoms with E-state index >= 15 is 0 Å². The molecule has 4 atom stereocenters. The highest BCUT2D eigenvalue weighted by atomic mass is 32.2. The number of rotatable bonds is 22. The lowest BCUT2D eigenvalue weighted by atomic mass is 9.98. The topological polar surface area (TPSA) is 381 Å². The first-order valence-electron chi connectivity index (χ1n) is 46.0. The van der Waals surface area contributed by atoms with Crippen molar-refractivity contribution >= 4 is 110 Å². The molecule has 20 rings (SSSR count). The number of nitrogens with one attached hydrogen (secondary N) is 5. The Kier molecular flexibility index (Phi) is 29.0. The number of hydrogen-bond acceptors (Lipinski definition) is 23. The molecule has 7 N–H and O–H groups in total. The molecule has 9 aromatic carbocycles. The second-order valence-electron chi connectivity index (χ2n) is 34.1. The second-order valence-corrected chi connectivity index (χ2v) is 36.9. The average Bonchev–Trinajstić information content (AvgIpc) is 1.22. The number of anilines is 4. The third-order valence-corrected chi connectivity index (χ3v) is 26.2. The van der Waals surface area contributed by atoms with E-state index in [1.54, 1.807) is 95.0 Å². The fourth-order valence-corrected chi connectivity index (χ4v) is 18.8. The summed E-state index contributed by atoms with van der Waals surface area (Å²) in [6.45, 7) is 48.6. The molecule has 0 unspecified atom stereocenters. The molecule has 34 heteroatoms. The van der Waals surface area contributed by atoms with Crippen molar-refractivity contribution in [3.8, 4) is 72.5 Å². The zero-order valence-electron chi connectivity index (χ0n) is 80.8. The van der Waals surface area contributed by atoms with Gasteiger partial charge in [-0.15, -0.1) is 11.3 Å². The molecular weight excluding hydrogens is 1870 g/mol. The summed E-state index contributed by atoms with van der Waals surface area (Å²) in [6, 6.07) is 77.3. The maximum atomic E-state index is 14.3. The Balaban J connectivity index is 0.000000133. The van der Waals surface area contributed by atoms with Gasteiger partial charge in [-0.3, -0.25) is 67.5 Å². The molecular formula is C112H93N25O7S2. The van der Waals surface area contributed by atoms with E-state index in [1.807, 2.05) is 272 Å². The molecule has 0 spiro atoms. The smallest absolute Gasteiger partial charge is 0.263 e. The quantitative estimate of drug-likeness (QED) is 0.0343. The van der Waals surface area contributed by atoms with E-state index in [-0.39, 0.29) is 50.9 Å². The van der Waals surface area contributed by atoms with Gasteiger partial charge in [-0.05, 0) is 205 Å². The van der Waals surface area contributed by atoms with E-state index in [0.29, 0.717) is 119 Å². The summed E-state index contributed by atoms with van der Waals surface area (Å²) < 4.78 is 36.3. The minimum Gasteiger partial charge on any atom is -0.495 e. The van der Waals surface area contributed by atoms with Gasteiger partial charge in [-0.25, -0.2) is 57.9 Å². The highest BCUT2D eigenvalue weighted by Crippen LogP contribution is 2.40. The Labute approximate surface area is 842 Å². The summed E-state index contributed by atoms with van der Waals surface area (Å²) >= 11 is 1.57. The molecule has 20 aromatic rings. The van der Waals surface area contributed by atoms with Crippen molar-refractivity contribution in [2.24, 2.45) is 5.14 Å². The zero-order chi connectivity index (χ0) is 103. The number of benzene rings is 9. The van der Waals surface area contributed by atoms with E-state index in [0.717, 1.165) is 93.8 Å². The maximum Gasteiger partial charge on any atom is 0.263 e. The highest BCUT2D eigenvalue weighted by molar-refractivity contribution is 7.89. The molecule has 0 bridgehead atoms. The Hall–Kier alpha value is -19.0. The van der Waals surface area contributed by atoms with Gasteiger partial charge >= 0.3 is 0 Å². The summed E-state index contributed by atoms with van der Waals surface area (Å²) in [5.74, 6) is 4.55. The lowest BCUT2D eigenvalue weighted by Crippen LogP contribution is -2.26. The van der Waals surface area contributed by atoms with Crippen molar-refractivity contribution in [2.45, 2.75) is 98.3 Å². The number of methoxy groups -OCH3 is 1. The van der Waals surface area contributed by atoms with Gasteiger partial charge < -0.3 is 26.0 Å². The lowest BCUT2D eigenvalue weighted by molar-refractivity contribution is 0.409. The molecule has 0 saturated heterocycles. The normalized spacial score (nSPS) is 11.9. The fourth-order valence-electron chi connectivity index (χ4n) is 17.4. The second kappa shape index (κ2) is 43.0. The molecule has 146 heavy (non-hydrogen) atoms. The zero-order valence-corrected chi connectivity index (χ0v) is 82.5. The first-order chi connectivity index (χ1) is 70.6. The van der Waals surface area contributed by atoms with Crippen LogP contribution in [-0.4, -0.2) is 93.8 Å². The lowest BCUT2D eigenvalue weighted by Gasteiger charge is -2.22. The third-order valence-electron chi connectivity index (χ3n) is 24.3. The summed E-state index contributed by atoms with van der Waals surface area (Å²) in [6.07, 6.45) is 11.2. The van der Waals surface area contributed by atoms with Crippen LogP contribution in [0.5, 0.6) is 5.75 Å². The Bertz CT molecular complexity index is 8990. The number of fused-ring (bicyclic) bond motifs is 4. The first kappa shape index (κ1) is 98.6. The molecule has 32 nitrogen and oxygen atoms in total. The van der Waals surface area contributed by atoms with Crippen molar-refractivity contribution in [1.29, 1.82) is 0 Å². The largest absolute Gasteiger partial charge is 0.495 e. The number of nitrogens with two attached hydrogens (primary N) is 1. The standard InChI is InChI=1S/C30H26N6O2.C29H24N6O3S.C27H22N6OS.C26H21N7O/c1-18(34-29-25(31-4)17-33-20(3)35-29)26-14-21-10-9-13-24(22-15-27(38-5)19(2)32-16-22)28(21)30(37)36(26)23-11-7-6-8-12-23;1-18(33-28-25(31-3)17-32-19(2)34-28)26-16-21-10-8-14-24(20-9-7-13-23(15-20)39(30,37)38)27(21)29(36)35(26)22-11-5-4-6-12-22;1-16(31-26-22(28-4)14-29-17(2)32-26)23-13-19-9-8-12-21(24-15-30-18(3)35-24)25(19)27(34)33(23)20-10-6-5-7-11-20;1-16(30-25-22(27-3)15-28-17(2)31-25)23-14-18-8-7-11-20(21-12-13-29-32-21)24(18)26(34)33(23)19-9-5-4-6-10-19/h6-18H,1-3,5H3,(H,33,34,35);4-18H,1-2H3,(H2,30,37,38)(H,32,33,34);5-16H,1-3H3,(H,29,31,32);4-16H,1-2H3,(H,29,32)(H,28,30,31)/t2*18-;2*16-/m0000/s1. The summed E-state index contributed by atoms with van der Waals surface area (Å²) in [4.78, 5) is 115. The van der Waals surface area contributed by atoms with Gasteiger partial charge in [0.15, 0.2) is 0 Å². The van der Waals surface area contributed by atoms with Crippen LogP contribution in [-0.2, 0) is 10.0 Å². The van der Waals surface area contributed by atoms with Crippen LogP contribution >= 0.6 is 11.3 Å². The number of hydrogen-bond donors (Lipinski definition) is 6. The van der Waals surface area contributed by atoms with Crippen LogP contribution < -0.4 is 53.4 Å². The van der Waals surface area contributed by atoms with Crippen molar-refractivity contribution in [3.63, 3.8) is 0 Å². The summed E-state index contributed by atoms with van der Waals surface area (Å²) in [5.41, 5.74) is 12.3. The van der Waals surface area contributed by atoms with Crippen molar-refractivity contribution in [1.82, 2.24) is 78.3 Å². The molecule has 0 saturated carbocycles. The van der Waals surface area contributed by atoms with Crippen molar-refractivity contribution in [2.75, 3.05) is 28.4 Å². The SMILES string of the molecule is [C-]#[N+]c1cnc(C)nc1N[C@@H](C)c1cc2cccc(-c3cccc(S(N)(=O)=O)c3)c2c(=O)n1-c1ccccc1.[C-]#[N+]c1cnc(C)nc1N[C@@H](C)c1cc2cccc(-c3ccn[nH]3)c2c(=O)n1-c1ccccc1.[C-]#[N+]c1cnc(C)nc1N[C@@H](C)c1cc2cccc(-c3cnc(C)c(OC)c3)c2c(=O)n1-c1ccccc1.[C-]#[N+]c1cnc(C)nc1N[C@@H](C)c1cc2cccc(-c3cnc(C)s3)c2c(=O)n1-c1ccccc1. The Morgan fingerprint density at radius 1 is 0.370 bits per heavy atom. The van der Waals surface area contributed by atoms with Crippen LogP contribution in [0.15, 0.2) is 322 Å². The third kappa shape index (κ3) is 20.8. The average molecular weight is 1970 g/mol. The van der Waals surface area contributed by atoms with Gasteiger partial charge in [0.25, 0.3) is 22.2 Å². The van der Waals surface area contributed by atoms with Gasteiger partial charge in [0.2, 0.25) is 32.8 Å². The number of para-hydroxylation sites is 4. The monoisotopic (exact) mass is 1960 g/mol. The highest BCUT2D eigenvalue weighted by Gasteiger charge is 2.28. The molecule has 11 heterocycles. The molecule has 0 aliphatic heterocycles. The van der Waals surface area contributed by atoms with E-state index < -0.39 is 16.1 Å². The number of primary sulfonamides is 1. The van der Waals surface area contributed by atoms with E-state index in [2.05, 4.69) is 101 Å². The summed E-state index contributed by atoms with van der Waals surface area (Å²) in [5, 5.41) is 32.0. The maximum absolute atomic E-state index is 14.3. The van der Waals surface area contributed by atoms with Gasteiger partial charge in [-0.2, -0.15) is 5.10 Å². The Morgan fingerprint density at radius 3 is 1.02 bits per heavy atom. The molecule has 0 aliphatic rings. The predicted octanol–water partition coefficient (Wildman–Crippen LogP) is 22.8. The minimum absolute atomic E-state index is 0.0365. The van der Waals surface area contributed by atoms with Crippen LogP contribution in [0.1, 0.15) is 109 Å². The van der Waals surface area contributed by atoms with Gasteiger partial charge in [0.1, 0.15) is 52.3 Å². The first-order valence-corrected chi connectivity index (χ1v) is 48.4. The van der Waals surface area contributed by atoms with Crippen molar-refractivity contribution in [3.05, 3.63) is 442 Å².